The molecule has 0 radical (unpaired) electrons. The molecule has 1 atom stereocenters. The fraction of sp³-hybridized carbons (Fsp3) is 0.238. The molecule has 2 aromatic rings. The van der Waals surface area contributed by atoms with Crippen molar-refractivity contribution in [3.05, 3.63) is 72.5 Å². The second-order valence-electron chi connectivity index (χ2n) is 6.12. The molecule has 1 unspecified atom stereocenters. The number of benzene rings is 2. The van der Waals surface area contributed by atoms with Crippen LogP contribution in [0.5, 0.6) is 5.75 Å². The van der Waals surface area contributed by atoms with E-state index in [4.69, 9.17) is 9.47 Å². The van der Waals surface area contributed by atoms with Crippen molar-refractivity contribution >= 4 is 5.69 Å². The summed E-state index contributed by atoms with van der Waals surface area (Å²) >= 11 is 0. The van der Waals surface area contributed by atoms with Gasteiger partial charge in [-0.25, -0.2) is 0 Å². The summed E-state index contributed by atoms with van der Waals surface area (Å²) in [5, 5.41) is 0. The maximum atomic E-state index is 6.23. The van der Waals surface area contributed by atoms with Crippen LogP contribution in [0.1, 0.15) is 12.8 Å². The first-order valence-corrected chi connectivity index (χ1v) is 8.38. The minimum atomic E-state index is 0.0151. The Bertz CT molecular complexity index is 780. The van der Waals surface area contributed by atoms with Gasteiger partial charge in [0, 0.05) is 6.54 Å². The van der Waals surface area contributed by atoms with Crippen LogP contribution in [0.2, 0.25) is 0 Å². The highest BCUT2D eigenvalue weighted by Crippen LogP contribution is 2.44. The number of anilines is 1. The van der Waals surface area contributed by atoms with Crippen LogP contribution in [0.4, 0.5) is 5.69 Å². The van der Waals surface area contributed by atoms with Crippen molar-refractivity contribution in [2.45, 2.75) is 19.1 Å². The predicted molar refractivity (Wildman–Crippen MR) is 97.1 cm³/mol. The molecule has 3 heteroatoms. The monoisotopic (exact) mass is 319 g/mol. The molecule has 2 heterocycles. The summed E-state index contributed by atoms with van der Waals surface area (Å²) in [5.74, 6) is 0.975. The molecule has 4 rings (SSSR count). The van der Waals surface area contributed by atoms with Crippen LogP contribution < -0.4 is 9.64 Å². The third-order valence-corrected chi connectivity index (χ3v) is 4.60. The zero-order chi connectivity index (χ0) is 16.4. The van der Waals surface area contributed by atoms with E-state index in [1.54, 1.807) is 13.4 Å². The zero-order valence-electron chi connectivity index (χ0n) is 13.8. The second kappa shape index (κ2) is 6.44. The average molecular weight is 319 g/mol. The van der Waals surface area contributed by atoms with Crippen molar-refractivity contribution in [2.24, 2.45) is 0 Å². The molecule has 1 saturated heterocycles. The molecule has 122 valence electrons. The van der Waals surface area contributed by atoms with Crippen LogP contribution >= 0.6 is 0 Å². The number of ether oxygens (including phenoxy) is 2. The molecule has 0 aliphatic carbocycles. The maximum absolute atomic E-state index is 6.23. The molecule has 2 aromatic carbocycles. The van der Waals surface area contributed by atoms with E-state index in [0.29, 0.717) is 0 Å². The van der Waals surface area contributed by atoms with Crippen LogP contribution in [0.25, 0.3) is 11.1 Å². The Morgan fingerprint density at radius 2 is 2.00 bits per heavy atom. The number of fused-ring (bicyclic) bond motifs is 3. The number of methoxy groups -OCH3 is 1. The van der Waals surface area contributed by atoms with Crippen molar-refractivity contribution in [3.63, 3.8) is 0 Å². The lowest BCUT2D eigenvalue weighted by Gasteiger charge is -2.32. The minimum absolute atomic E-state index is 0.0151. The fourth-order valence-electron chi connectivity index (χ4n) is 3.46. The van der Waals surface area contributed by atoms with E-state index in [2.05, 4.69) is 53.4 Å². The molecule has 3 nitrogen and oxygen atoms in total. The molecule has 0 amide bonds. The Kier molecular flexibility index (Phi) is 3.99. The van der Waals surface area contributed by atoms with Crippen molar-refractivity contribution in [2.75, 3.05) is 18.6 Å². The first-order valence-electron chi connectivity index (χ1n) is 8.38. The van der Waals surface area contributed by atoms with Gasteiger partial charge in [0.25, 0.3) is 0 Å². The lowest BCUT2D eigenvalue weighted by Crippen LogP contribution is -2.40. The summed E-state index contributed by atoms with van der Waals surface area (Å²) < 4.78 is 11.2. The Labute approximate surface area is 142 Å². The number of allylic oxidation sites excluding steroid dienone is 2. The first-order chi connectivity index (χ1) is 11.9. The molecule has 2 aliphatic heterocycles. The smallest absolute Gasteiger partial charge is 0.195 e. The van der Waals surface area contributed by atoms with E-state index in [-0.39, 0.29) is 6.23 Å². The molecular formula is C21H21NO2. The van der Waals surface area contributed by atoms with Gasteiger partial charge in [0.05, 0.1) is 19.1 Å². The van der Waals surface area contributed by atoms with Gasteiger partial charge in [0.2, 0.25) is 0 Å². The quantitative estimate of drug-likeness (QED) is 0.761. The fourth-order valence-corrected chi connectivity index (χ4v) is 3.46. The number of hydrogen-bond acceptors (Lipinski definition) is 3. The summed E-state index contributed by atoms with van der Waals surface area (Å²) in [7, 11) is 1.66. The normalized spacial score (nSPS) is 20.8. The van der Waals surface area contributed by atoms with Crippen molar-refractivity contribution < 1.29 is 9.47 Å². The van der Waals surface area contributed by atoms with Crippen LogP contribution in [-0.2, 0) is 4.74 Å². The Morgan fingerprint density at radius 1 is 1.12 bits per heavy atom. The van der Waals surface area contributed by atoms with Gasteiger partial charge in [0.1, 0.15) is 5.75 Å². The van der Waals surface area contributed by atoms with E-state index < -0.39 is 0 Å². The van der Waals surface area contributed by atoms with E-state index in [0.717, 1.165) is 25.1 Å². The molecule has 0 bridgehead atoms. The Morgan fingerprint density at radius 3 is 2.83 bits per heavy atom. The van der Waals surface area contributed by atoms with Gasteiger partial charge in [-0.1, -0.05) is 42.5 Å². The molecular weight excluding hydrogens is 298 g/mol. The van der Waals surface area contributed by atoms with Crippen molar-refractivity contribution in [1.82, 2.24) is 0 Å². The van der Waals surface area contributed by atoms with Gasteiger partial charge in [-0.2, -0.15) is 0 Å². The standard InChI is InChI=1S/C21H21NO2/c1-23-14-6-10-17-9-5-13-22-19-15-18(16-7-3-2-4-8-16)11-12-20(19)24-21(17)22/h2-4,6-8,10-12,14-15,21H,5,9,13H2,1H3. The highest BCUT2D eigenvalue weighted by Gasteiger charge is 2.35. The minimum Gasteiger partial charge on any atom is -0.504 e. The van der Waals surface area contributed by atoms with Crippen molar-refractivity contribution in [1.29, 1.82) is 0 Å². The third kappa shape index (κ3) is 2.67. The molecule has 0 N–H and O–H groups in total. The molecule has 24 heavy (non-hydrogen) atoms. The number of hydrogen-bond donors (Lipinski definition) is 0. The third-order valence-electron chi connectivity index (χ3n) is 4.60. The van der Waals surface area contributed by atoms with Crippen molar-refractivity contribution in [3.8, 4) is 16.9 Å². The highest BCUT2D eigenvalue weighted by molar-refractivity contribution is 5.75. The molecule has 0 saturated carbocycles. The SMILES string of the molecule is COC=CC=C1CCCN2c3cc(-c4ccccc4)ccc3OC12. The van der Waals surface area contributed by atoms with Gasteiger partial charge in [-0.05, 0) is 47.8 Å². The summed E-state index contributed by atoms with van der Waals surface area (Å²) in [6.07, 6.45) is 7.98. The van der Waals surface area contributed by atoms with Crippen LogP contribution in [0, 0.1) is 0 Å². The average Bonchev–Trinajstić information content (AvgIpc) is 3.01. The van der Waals surface area contributed by atoms with Gasteiger partial charge >= 0.3 is 0 Å². The molecule has 2 aliphatic rings. The van der Waals surface area contributed by atoms with E-state index in [1.807, 2.05) is 12.1 Å². The van der Waals surface area contributed by atoms with E-state index in [9.17, 15) is 0 Å². The summed E-state index contributed by atoms with van der Waals surface area (Å²) in [5.41, 5.74) is 4.96. The summed E-state index contributed by atoms with van der Waals surface area (Å²) in [4.78, 5) is 2.37. The zero-order valence-corrected chi connectivity index (χ0v) is 13.8. The predicted octanol–water partition coefficient (Wildman–Crippen LogP) is 4.76. The van der Waals surface area contributed by atoms with Gasteiger partial charge in [0.15, 0.2) is 6.23 Å². The van der Waals surface area contributed by atoms with Gasteiger partial charge < -0.3 is 14.4 Å². The van der Waals surface area contributed by atoms with Crippen LogP contribution in [0.3, 0.4) is 0 Å². The Balaban J connectivity index is 1.66. The number of piperidine rings is 1. The maximum Gasteiger partial charge on any atom is 0.195 e. The van der Waals surface area contributed by atoms with Gasteiger partial charge in [-0.3, -0.25) is 0 Å². The van der Waals surface area contributed by atoms with Crippen LogP contribution in [-0.4, -0.2) is 19.9 Å². The first kappa shape index (κ1) is 14.9. The highest BCUT2D eigenvalue weighted by atomic mass is 16.5. The van der Waals surface area contributed by atoms with Crippen LogP contribution in [0.15, 0.2) is 72.5 Å². The van der Waals surface area contributed by atoms with Gasteiger partial charge in [-0.15, -0.1) is 0 Å². The number of rotatable bonds is 3. The molecule has 0 spiro atoms. The number of nitrogens with zero attached hydrogens (tertiary/aromatic N) is 1. The Hall–Kier alpha value is -2.68. The largest absolute Gasteiger partial charge is 0.504 e. The van der Waals surface area contributed by atoms with E-state index in [1.165, 1.54) is 22.4 Å². The second-order valence-corrected chi connectivity index (χ2v) is 6.12. The summed E-state index contributed by atoms with van der Waals surface area (Å²) in [6.45, 7) is 1.03. The summed E-state index contributed by atoms with van der Waals surface area (Å²) in [6, 6.07) is 17.0. The lowest BCUT2D eigenvalue weighted by atomic mass is 10.0. The topological polar surface area (TPSA) is 21.7 Å². The molecule has 1 fully saturated rings. The molecule has 0 aromatic heterocycles. The lowest BCUT2D eigenvalue weighted by molar-refractivity contribution is 0.243. The van der Waals surface area contributed by atoms with E-state index >= 15 is 0 Å².